The molecule has 0 aliphatic rings. The number of carbonyl (C=O) groups is 1. The van der Waals surface area contributed by atoms with Crippen molar-refractivity contribution < 1.29 is 4.79 Å². The molecule has 1 N–H and O–H groups in total. The molecule has 0 bridgehead atoms. The largest absolute Gasteiger partial charge is 0.305 e. The molecule has 0 spiro atoms. The zero-order chi connectivity index (χ0) is 18.9. The van der Waals surface area contributed by atoms with E-state index in [9.17, 15) is 4.79 Å². The standard InChI is InChI=1S/C21H16N6O/c28-21(18-13-23-27-11-4-10-22-20(18)27)24-19-9-12-26(25-19)14-16-7-3-6-15-5-1-2-8-17(15)16/h1-13H,14H2,(H,24,25,28). The van der Waals surface area contributed by atoms with E-state index in [0.29, 0.717) is 23.6 Å². The van der Waals surface area contributed by atoms with Gasteiger partial charge in [0.05, 0.1) is 12.7 Å². The molecule has 0 saturated carbocycles. The third-order valence-corrected chi connectivity index (χ3v) is 4.62. The summed E-state index contributed by atoms with van der Waals surface area (Å²) < 4.78 is 3.37. The van der Waals surface area contributed by atoms with Crippen LogP contribution in [-0.4, -0.2) is 30.3 Å². The highest BCUT2D eigenvalue weighted by Gasteiger charge is 2.15. The van der Waals surface area contributed by atoms with Crippen molar-refractivity contribution in [1.29, 1.82) is 0 Å². The van der Waals surface area contributed by atoms with Crippen molar-refractivity contribution in [2.24, 2.45) is 0 Å². The van der Waals surface area contributed by atoms with Gasteiger partial charge in [0.25, 0.3) is 5.91 Å². The van der Waals surface area contributed by atoms with Crippen LogP contribution in [0.1, 0.15) is 15.9 Å². The van der Waals surface area contributed by atoms with Crippen LogP contribution in [0, 0.1) is 0 Å². The first-order valence-corrected chi connectivity index (χ1v) is 8.88. The molecule has 5 aromatic rings. The maximum Gasteiger partial charge on any atom is 0.262 e. The van der Waals surface area contributed by atoms with Crippen molar-refractivity contribution in [1.82, 2.24) is 24.4 Å². The van der Waals surface area contributed by atoms with Gasteiger partial charge in [-0.1, -0.05) is 42.5 Å². The van der Waals surface area contributed by atoms with Crippen LogP contribution in [0.15, 0.2) is 79.4 Å². The van der Waals surface area contributed by atoms with Crippen LogP contribution in [-0.2, 0) is 6.54 Å². The van der Waals surface area contributed by atoms with E-state index in [2.05, 4.69) is 44.8 Å². The average molecular weight is 368 g/mol. The maximum absolute atomic E-state index is 12.6. The fourth-order valence-corrected chi connectivity index (χ4v) is 3.29. The van der Waals surface area contributed by atoms with E-state index in [1.807, 2.05) is 29.1 Å². The van der Waals surface area contributed by atoms with E-state index in [4.69, 9.17) is 0 Å². The fraction of sp³-hybridized carbons (Fsp3) is 0.0476. The molecule has 3 aromatic heterocycles. The first-order chi connectivity index (χ1) is 13.8. The third kappa shape index (κ3) is 2.88. The Hall–Kier alpha value is -4.00. The topological polar surface area (TPSA) is 77.1 Å². The van der Waals surface area contributed by atoms with Gasteiger partial charge in [0.2, 0.25) is 0 Å². The number of amides is 1. The van der Waals surface area contributed by atoms with Crippen LogP contribution in [0.3, 0.4) is 0 Å². The van der Waals surface area contributed by atoms with Crippen molar-refractivity contribution in [2.75, 3.05) is 5.32 Å². The van der Waals surface area contributed by atoms with Gasteiger partial charge in [-0.05, 0) is 22.4 Å². The number of benzene rings is 2. The SMILES string of the molecule is O=C(Nc1ccn(Cc2cccc3ccccc23)n1)c1cnn2cccnc12. The van der Waals surface area contributed by atoms with Gasteiger partial charge in [-0.25, -0.2) is 9.50 Å². The predicted molar refractivity (Wildman–Crippen MR) is 106 cm³/mol. The smallest absolute Gasteiger partial charge is 0.262 e. The van der Waals surface area contributed by atoms with E-state index < -0.39 is 0 Å². The molecule has 5 rings (SSSR count). The molecule has 7 heteroatoms. The molecule has 7 nitrogen and oxygen atoms in total. The van der Waals surface area contributed by atoms with Crippen LogP contribution in [0.4, 0.5) is 5.82 Å². The molecule has 0 aliphatic heterocycles. The number of anilines is 1. The summed E-state index contributed by atoms with van der Waals surface area (Å²) in [5.41, 5.74) is 2.09. The predicted octanol–water partition coefficient (Wildman–Crippen LogP) is 3.38. The minimum atomic E-state index is -0.288. The molecule has 0 saturated heterocycles. The maximum atomic E-state index is 12.6. The third-order valence-electron chi connectivity index (χ3n) is 4.62. The molecule has 28 heavy (non-hydrogen) atoms. The number of nitrogens with zero attached hydrogens (tertiary/aromatic N) is 5. The second kappa shape index (κ2) is 6.62. The van der Waals surface area contributed by atoms with Gasteiger partial charge in [0, 0.05) is 24.7 Å². The molecule has 2 aromatic carbocycles. The molecule has 1 amide bonds. The Morgan fingerprint density at radius 2 is 1.89 bits per heavy atom. The number of aromatic nitrogens is 5. The Morgan fingerprint density at radius 1 is 1.00 bits per heavy atom. The van der Waals surface area contributed by atoms with Crippen LogP contribution in [0.5, 0.6) is 0 Å². The van der Waals surface area contributed by atoms with Gasteiger partial charge in [0.15, 0.2) is 11.5 Å². The van der Waals surface area contributed by atoms with E-state index in [1.54, 1.807) is 29.0 Å². The van der Waals surface area contributed by atoms with Crippen LogP contribution >= 0.6 is 0 Å². The van der Waals surface area contributed by atoms with Gasteiger partial charge in [-0.2, -0.15) is 10.2 Å². The van der Waals surface area contributed by atoms with Crippen molar-refractivity contribution in [2.45, 2.75) is 6.54 Å². The summed E-state index contributed by atoms with van der Waals surface area (Å²) in [4.78, 5) is 16.8. The fourth-order valence-electron chi connectivity index (χ4n) is 3.29. The number of hydrogen-bond donors (Lipinski definition) is 1. The quantitative estimate of drug-likeness (QED) is 0.528. The molecule has 0 aliphatic carbocycles. The molecule has 136 valence electrons. The molecular weight excluding hydrogens is 352 g/mol. The number of carbonyl (C=O) groups excluding carboxylic acids is 1. The summed E-state index contributed by atoms with van der Waals surface area (Å²) in [7, 11) is 0. The molecular formula is C21H16N6O. The van der Waals surface area contributed by atoms with Gasteiger partial charge >= 0.3 is 0 Å². The van der Waals surface area contributed by atoms with E-state index in [1.165, 1.54) is 22.5 Å². The first kappa shape index (κ1) is 16.2. The van der Waals surface area contributed by atoms with Crippen LogP contribution in [0.25, 0.3) is 16.4 Å². The van der Waals surface area contributed by atoms with Gasteiger partial charge in [0.1, 0.15) is 5.56 Å². The molecule has 0 atom stereocenters. The normalized spacial score (nSPS) is 11.1. The van der Waals surface area contributed by atoms with E-state index in [-0.39, 0.29) is 5.91 Å². The first-order valence-electron chi connectivity index (χ1n) is 8.88. The van der Waals surface area contributed by atoms with Crippen molar-refractivity contribution >= 4 is 28.1 Å². The van der Waals surface area contributed by atoms with Gasteiger partial charge < -0.3 is 5.32 Å². The van der Waals surface area contributed by atoms with Crippen LogP contribution in [0.2, 0.25) is 0 Å². The zero-order valence-electron chi connectivity index (χ0n) is 14.9. The lowest BCUT2D eigenvalue weighted by molar-refractivity contribution is 0.102. The lowest BCUT2D eigenvalue weighted by Gasteiger charge is -2.07. The van der Waals surface area contributed by atoms with Crippen molar-refractivity contribution in [3.63, 3.8) is 0 Å². The van der Waals surface area contributed by atoms with Gasteiger partial charge in [-0.3, -0.25) is 9.48 Å². The highest BCUT2D eigenvalue weighted by molar-refractivity contribution is 6.07. The molecule has 0 unspecified atom stereocenters. The molecule has 3 heterocycles. The summed E-state index contributed by atoms with van der Waals surface area (Å²) in [6.07, 6.45) is 6.74. The van der Waals surface area contributed by atoms with Crippen molar-refractivity contribution in [3.8, 4) is 0 Å². The average Bonchev–Trinajstić information content (AvgIpc) is 3.35. The number of nitrogens with one attached hydrogen (secondary N) is 1. The summed E-state index contributed by atoms with van der Waals surface area (Å²) in [6, 6.07) is 18.0. The lowest BCUT2D eigenvalue weighted by Crippen LogP contribution is -2.13. The highest BCUT2D eigenvalue weighted by Crippen LogP contribution is 2.19. The second-order valence-corrected chi connectivity index (χ2v) is 6.44. The Labute approximate surface area is 160 Å². The Kier molecular flexibility index (Phi) is 3.83. The summed E-state index contributed by atoms with van der Waals surface area (Å²) in [5, 5.41) is 13.8. The number of rotatable bonds is 4. The van der Waals surface area contributed by atoms with E-state index >= 15 is 0 Å². The number of hydrogen-bond acceptors (Lipinski definition) is 4. The highest BCUT2D eigenvalue weighted by atomic mass is 16.1. The Balaban J connectivity index is 1.37. The minimum absolute atomic E-state index is 0.288. The monoisotopic (exact) mass is 368 g/mol. The van der Waals surface area contributed by atoms with Gasteiger partial charge in [-0.15, -0.1) is 0 Å². The van der Waals surface area contributed by atoms with Crippen LogP contribution < -0.4 is 5.32 Å². The lowest BCUT2D eigenvalue weighted by atomic mass is 10.0. The summed E-state index contributed by atoms with van der Waals surface area (Å²) in [6.45, 7) is 0.621. The Morgan fingerprint density at radius 3 is 2.86 bits per heavy atom. The second-order valence-electron chi connectivity index (χ2n) is 6.44. The van der Waals surface area contributed by atoms with Crippen molar-refractivity contribution in [3.05, 3.63) is 90.5 Å². The Bertz CT molecular complexity index is 1300. The number of fused-ring (bicyclic) bond motifs is 2. The van der Waals surface area contributed by atoms with E-state index in [0.717, 1.165) is 0 Å². The molecule has 0 fully saturated rings. The summed E-state index contributed by atoms with van der Waals surface area (Å²) in [5.74, 6) is 0.199. The zero-order valence-corrected chi connectivity index (χ0v) is 14.9. The molecule has 0 radical (unpaired) electrons. The minimum Gasteiger partial charge on any atom is -0.305 e. The summed E-state index contributed by atoms with van der Waals surface area (Å²) >= 11 is 0.